The van der Waals surface area contributed by atoms with Gasteiger partial charge in [0.25, 0.3) is 5.56 Å². The van der Waals surface area contributed by atoms with Gasteiger partial charge in [-0.3, -0.25) is 9.59 Å². The van der Waals surface area contributed by atoms with Crippen molar-refractivity contribution in [3.05, 3.63) is 86.6 Å². The number of alkyl halides is 6. The molecule has 2 aromatic carbocycles. The maximum Gasteiger partial charge on any atom is 0.433 e. The summed E-state index contributed by atoms with van der Waals surface area (Å²) in [4.78, 5) is 29.2. The summed E-state index contributed by atoms with van der Waals surface area (Å²) in [5, 5.41) is 2.42. The molecular formula is C27H22F9N3O3. The number of rotatable bonds is 7. The number of ether oxygens (including phenoxy) is 1. The Kier molecular flexibility index (Phi) is 8.99. The van der Waals surface area contributed by atoms with Gasteiger partial charge in [-0.15, -0.1) is 0 Å². The molecule has 0 aliphatic heterocycles. The number of amides is 1. The van der Waals surface area contributed by atoms with Gasteiger partial charge in [-0.2, -0.15) is 26.3 Å². The number of aromatic nitrogens is 2. The predicted octanol–water partition coefficient (Wildman–Crippen LogP) is 6.28. The summed E-state index contributed by atoms with van der Waals surface area (Å²) < 4.78 is 128. The lowest BCUT2D eigenvalue weighted by Crippen LogP contribution is -2.34. The molecule has 1 aliphatic carbocycles. The number of H-pyrrole nitrogens is 1. The minimum atomic E-state index is -5.21. The number of nitrogens with zero attached hydrogens (tertiary/aromatic N) is 1. The van der Waals surface area contributed by atoms with E-state index in [9.17, 15) is 44.7 Å². The van der Waals surface area contributed by atoms with Crippen LogP contribution in [0.1, 0.15) is 48.1 Å². The first-order valence-electron chi connectivity index (χ1n) is 12.5. The average Bonchev–Trinajstić information content (AvgIpc) is 2.90. The van der Waals surface area contributed by atoms with E-state index in [0.29, 0.717) is 31.7 Å². The molecule has 1 aromatic heterocycles. The fraction of sp³-hybridized carbons (Fsp3) is 0.370. The topological polar surface area (TPSA) is 84.1 Å². The molecule has 42 heavy (non-hydrogen) atoms. The highest BCUT2D eigenvalue weighted by Gasteiger charge is 2.39. The van der Waals surface area contributed by atoms with Crippen LogP contribution in [-0.2, 0) is 35.0 Å². The fourth-order valence-corrected chi connectivity index (χ4v) is 4.61. The quantitative estimate of drug-likeness (QED) is 0.310. The summed E-state index contributed by atoms with van der Waals surface area (Å²) in [6.07, 6.45) is -9.23. The minimum absolute atomic E-state index is 0.0274. The van der Waals surface area contributed by atoms with Gasteiger partial charge in [0.05, 0.1) is 23.8 Å². The SMILES string of the molecule is O=c1cc(C(F)(F)F)nc(-c2c(C(F)(F)F)ccc(CNC(=O)[C@H]3CC[C@H](OCc4ccc(F)cc4F)CC3)c2F)[nH]1. The van der Waals surface area contributed by atoms with E-state index in [2.05, 4.69) is 10.3 Å². The molecule has 1 saturated carbocycles. The number of nitrogens with one attached hydrogen (secondary N) is 2. The summed E-state index contributed by atoms with van der Waals surface area (Å²) in [7, 11) is 0. The summed E-state index contributed by atoms with van der Waals surface area (Å²) in [5.41, 5.74) is -6.64. The molecule has 1 aliphatic rings. The lowest BCUT2D eigenvalue weighted by Gasteiger charge is -2.28. The third-order valence-corrected chi connectivity index (χ3v) is 6.78. The lowest BCUT2D eigenvalue weighted by atomic mass is 9.86. The van der Waals surface area contributed by atoms with Crippen LogP contribution in [0.15, 0.2) is 41.2 Å². The zero-order valence-electron chi connectivity index (χ0n) is 21.4. The molecule has 0 radical (unpaired) electrons. The smallest absolute Gasteiger partial charge is 0.373 e. The highest BCUT2D eigenvalue weighted by molar-refractivity contribution is 5.78. The standard InChI is InChI=1S/C27H22F9N3O3/c28-16-5-1-15(19(29)9-16)12-42-17-6-2-13(3-7-17)25(41)37-11-14-4-8-18(26(31,32)33)22(23(14)30)24-38-20(27(34,35)36)10-21(40)39-24/h1,4-5,8-10,13,17H,2-3,6-7,11-12H2,(H,37,41)(H,38,39,40)/t13-,17-. The molecule has 0 atom stereocenters. The van der Waals surface area contributed by atoms with Crippen LogP contribution in [0, 0.1) is 23.4 Å². The Bertz CT molecular complexity index is 1510. The Balaban J connectivity index is 1.44. The predicted molar refractivity (Wildman–Crippen MR) is 129 cm³/mol. The Hall–Kier alpha value is -3.88. The lowest BCUT2D eigenvalue weighted by molar-refractivity contribution is -0.141. The van der Waals surface area contributed by atoms with E-state index in [1.54, 1.807) is 4.98 Å². The van der Waals surface area contributed by atoms with Crippen LogP contribution in [0.4, 0.5) is 39.5 Å². The second-order valence-electron chi connectivity index (χ2n) is 9.67. The second kappa shape index (κ2) is 12.2. The highest BCUT2D eigenvalue weighted by atomic mass is 19.4. The van der Waals surface area contributed by atoms with Gasteiger partial charge in [0, 0.05) is 35.7 Å². The number of carbonyl (C=O) groups is 1. The second-order valence-corrected chi connectivity index (χ2v) is 9.67. The van der Waals surface area contributed by atoms with Crippen LogP contribution < -0.4 is 10.9 Å². The van der Waals surface area contributed by atoms with Crippen molar-refractivity contribution >= 4 is 5.91 Å². The van der Waals surface area contributed by atoms with E-state index in [0.717, 1.165) is 18.2 Å². The van der Waals surface area contributed by atoms with Crippen molar-refractivity contribution < 1.29 is 49.0 Å². The first-order valence-corrected chi connectivity index (χ1v) is 12.5. The Morgan fingerprint density at radius 2 is 1.60 bits per heavy atom. The van der Waals surface area contributed by atoms with E-state index < -0.39 is 81.9 Å². The maximum atomic E-state index is 15.4. The third-order valence-electron chi connectivity index (χ3n) is 6.78. The Morgan fingerprint density at radius 3 is 2.21 bits per heavy atom. The molecule has 226 valence electrons. The van der Waals surface area contributed by atoms with Crippen molar-refractivity contribution in [1.82, 2.24) is 15.3 Å². The van der Waals surface area contributed by atoms with Crippen molar-refractivity contribution in [1.29, 1.82) is 0 Å². The molecule has 1 amide bonds. The van der Waals surface area contributed by atoms with Crippen molar-refractivity contribution in [3.8, 4) is 11.4 Å². The first kappa shape index (κ1) is 31.1. The maximum absolute atomic E-state index is 15.4. The average molecular weight is 607 g/mol. The van der Waals surface area contributed by atoms with E-state index in [1.165, 1.54) is 6.07 Å². The number of aromatic amines is 1. The van der Waals surface area contributed by atoms with Gasteiger partial charge in [-0.05, 0) is 37.8 Å². The van der Waals surface area contributed by atoms with Crippen LogP contribution in [0.2, 0.25) is 0 Å². The summed E-state index contributed by atoms with van der Waals surface area (Å²) in [6, 6.07) is 4.27. The van der Waals surface area contributed by atoms with E-state index in [-0.39, 0.29) is 24.3 Å². The number of carbonyl (C=O) groups excluding carboxylic acids is 1. The van der Waals surface area contributed by atoms with Gasteiger partial charge in [0.1, 0.15) is 23.3 Å². The monoisotopic (exact) mass is 607 g/mol. The van der Waals surface area contributed by atoms with E-state index in [4.69, 9.17) is 4.74 Å². The summed E-state index contributed by atoms with van der Waals surface area (Å²) >= 11 is 0. The molecule has 0 unspecified atom stereocenters. The largest absolute Gasteiger partial charge is 0.433 e. The normalized spacial score (nSPS) is 17.7. The van der Waals surface area contributed by atoms with Gasteiger partial charge in [0.15, 0.2) is 5.69 Å². The van der Waals surface area contributed by atoms with Crippen molar-refractivity contribution in [2.45, 2.75) is 57.3 Å². The van der Waals surface area contributed by atoms with Crippen LogP contribution in [0.25, 0.3) is 11.4 Å². The summed E-state index contributed by atoms with van der Waals surface area (Å²) in [5.74, 6) is -5.45. The van der Waals surface area contributed by atoms with Gasteiger partial charge in [0.2, 0.25) is 5.91 Å². The van der Waals surface area contributed by atoms with Gasteiger partial charge < -0.3 is 15.0 Å². The number of halogens is 9. The molecule has 0 saturated heterocycles. The van der Waals surface area contributed by atoms with Gasteiger partial charge in [-0.25, -0.2) is 18.2 Å². The Morgan fingerprint density at radius 1 is 0.929 bits per heavy atom. The molecule has 1 fully saturated rings. The third kappa shape index (κ3) is 7.30. The molecule has 1 heterocycles. The highest BCUT2D eigenvalue weighted by Crippen LogP contribution is 2.39. The van der Waals surface area contributed by atoms with Gasteiger partial charge in [-0.1, -0.05) is 12.1 Å². The van der Waals surface area contributed by atoms with E-state index in [1.807, 2.05) is 0 Å². The number of benzene rings is 2. The molecule has 2 N–H and O–H groups in total. The van der Waals surface area contributed by atoms with Crippen molar-refractivity contribution in [2.24, 2.45) is 5.92 Å². The molecule has 0 spiro atoms. The molecule has 6 nitrogen and oxygen atoms in total. The van der Waals surface area contributed by atoms with Crippen molar-refractivity contribution in [2.75, 3.05) is 0 Å². The molecule has 0 bridgehead atoms. The minimum Gasteiger partial charge on any atom is -0.373 e. The number of hydrogen-bond acceptors (Lipinski definition) is 4. The zero-order chi connectivity index (χ0) is 30.8. The van der Waals surface area contributed by atoms with Crippen LogP contribution in [-0.4, -0.2) is 22.0 Å². The summed E-state index contributed by atoms with van der Waals surface area (Å²) in [6.45, 7) is -0.700. The zero-order valence-corrected chi connectivity index (χ0v) is 21.4. The molecule has 15 heteroatoms. The fourth-order valence-electron chi connectivity index (χ4n) is 4.61. The van der Waals surface area contributed by atoms with Gasteiger partial charge >= 0.3 is 12.4 Å². The first-order chi connectivity index (χ1) is 19.6. The van der Waals surface area contributed by atoms with Crippen LogP contribution in [0.3, 0.4) is 0 Å². The van der Waals surface area contributed by atoms with Crippen LogP contribution >= 0.6 is 0 Å². The van der Waals surface area contributed by atoms with Crippen LogP contribution in [0.5, 0.6) is 0 Å². The van der Waals surface area contributed by atoms with E-state index >= 15 is 4.39 Å². The van der Waals surface area contributed by atoms with Crippen molar-refractivity contribution in [3.63, 3.8) is 0 Å². The molecule has 3 aromatic rings. The molecular weight excluding hydrogens is 585 g/mol. The Labute approximate surface area is 231 Å². The number of hydrogen-bond donors (Lipinski definition) is 2. The molecule has 4 rings (SSSR count).